The first kappa shape index (κ1) is 12.9. The van der Waals surface area contributed by atoms with Gasteiger partial charge in [-0.2, -0.15) is 9.97 Å². The maximum Gasteiger partial charge on any atom is 0.295 e. The molecule has 0 aliphatic carbocycles. The summed E-state index contributed by atoms with van der Waals surface area (Å²) in [7, 11) is 3.12. The van der Waals surface area contributed by atoms with Gasteiger partial charge in [0.25, 0.3) is 5.89 Å². The van der Waals surface area contributed by atoms with Crippen LogP contribution in [0.1, 0.15) is 0 Å². The SMILES string of the molecule is COc1ccc(-c2noc(-c3nc(N)n[nH]3)n2)cc1OC. The summed E-state index contributed by atoms with van der Waals surface area (Å²) in [5.41, 5.74) is 6.15. The van der Waals surface area contributed by atoms with Crippen LogP contribution in [0.3, 0.4) is 0 Å². The van der Waals surface area contributed by atoms with E-state index >= 15 is 0 Å². The van der Waals surface area contributed by atoms with Gasteiger partial charge in [-0.3, -0.25) is 5.10 Å². The fourth-order valence-electron chi connectivity index (χ4n) is 1.78. The molecule has 0 saturated heterocycles. The van der Waals surface area contributed by atoms with E-state index in [1.807, 2.05) is 0 Å². The number of nitrogens with one attached hydrogen (secondary N) is 1. The number of aromatic amines is 1. The molecule has 0 spiro atoms. The molecule has 0 bridgehead atoms. The summed E-state index contributed by atoms with van der Waals surface area (Å²) in [6, 6.07) is 5.31. The molecule has 0 fully saturated rings. The topological polar surface area (TPSA) is 125 Å². The molecule has 2 heterocycles. The van der Waals surface area contributed by atoms with Gasteiger partial charge in [0.2, 0.25) is 17.6 Å². The average Bonchev–Trinajstić information content (AvgIpc) is 3.15. The molecule has 0 aliphatic heterocycles. The van der Waals surface area contributed by atoms with Gasteiger partial charge in [0.15, 0.2) is 11.5 Å². The molecule has 1 aromatic carbocycles. The summed E-state index contributed by atoms with van der Waals surface area (Å²) in [5.74, 6) is 2.20. The first-order valence-corrected chi connectivity index (χ1v) is 5.95. The zero-order valence-corrected chi connectivity index (χ0v) is 11.3. The number of anilines is 1. The Hall–Kier alpha value is -3.10. The Balaban J connectivity index is 1.96. The fourth-order valence-corrected chi connectivity index (χ4v) is 1.78. The molecule has 0 radical (unpaired) electrons. The van der Waals surface area contributed by atoms with Gasteiger partial charge < -0.3 is 19.7 Å². The zero-order chi connectivity index (χ0) is 14.8. The Kier molecular flexibility index (Phi) is 3.14. The average molecular weight is 288 g/mol. The molecule has 0 unspecified atom stereocenters. The first-order valence-electron chi connectivity index (χ1n) is 5.95. The molecule has 0 saturated carbocycles. The molecule has 21 heavy (non-hydrogen) atoms. The van der Waals surface area contributed by atoms with Gasteiger partial charge in [-0.1, -0.05) is 5.16 Å². The van der Waals surface area contributed by atoms with Crippen LogP contribution in [0.4, 0.5) is 5.95 Å². The molecule has 9 nitrogen and oxygen atoms in total. The van der Waals surface area contributed by atoms with Gasteiger partial charge in [0.1, 0.15) is 0 Å². The fraction of sp³-hybridized carbons (Fsp3) is 0.167. The number of methoxy groups -OCH3 is 2. The van der Waals surface area contributed by atoms with E-state index in [-0.39, 0.29) is 11.8 Å². The molecule has 3 N–H and O–H groups in total. The predicted molar refractivity (Wildman–Crippen MR) is 72.6 cm³/mol. The molecule has 0 aliphatic rings. The summed E-state index contributed by atoms with van der Waals surface area (Å²) < 4.78 is 15.5. The van der Waals surface area contributed by atoms with E-state index in [9.17, 15) is 0 Å². The lowest BCUT2D eigenvalue weighted by Gasteiger charge is -2.07. The van der Waals surface area contributed by atoms with Crippen LogP contribution < -0.4 is 15.2 Å². The minimum atomic E-state index is 0.107. The van der Waals surface area contributed by atoms with Crippen molar-refractivity contribution in [2.45, 2.75) is 0 Å². The maximum atomic E-state index is 5.43. The normalized spacial score (nSPS) is 10.6. The van der Waals surface area contributed by atoms with Gasteiger partial charge >= 0.3 is 0 Å². The highest BCUT2D eigenvalue weighted by Crippen LogP contribution is 2.31. The van der Waals surface area contributed by atoms with Gasteiger partial charge in [-0.05, 0) is 18.2 Å². The van der Waals surface area contributed by atoms with Crippen molar-refractivity contribution in [3.63, 3.8) is 0 Å². The number of nitrogens with two attached hydrogens (primary N) is 1. The van der Waals surface area contributed by atoms with Crippen LogP contribution in [0.5, 0.6) is 11.5 Å². The molecule has 3 aromatic rings. The van der Waals surface area contributed by atoms with Crippen molar-refractivity contribution in [2.75, 3.05) is 20.0 Å². The largest absolute Gasteiger partial charge is 0.493 e. The summed E-state index contributed by atoms with van der Waals surface area (Å²) in [5, 5.41) is 10.2. The number of hydrogen-bond donors (Lipinski definition) is 2. The Labute approximate surface area is 119 Å². The third kappa shape index (κ3) is 2.36. The van der Waals surface area contributed by atoms with E-state index in [1.165, 1.54) is 0 Å². The molecular weight excluding hydrogens is 276 g/mol. The van der Waals surface area contributed by atoms with Crippen LogP contribution in [-0.4, -0.2) is 39.5 Å². The highest BCUT2D eigenvalue weighted by atomic mass is 16.5. The van der Waals surface area contributed by atoms with Crippen LogP contribution in [0.15, 0.2) is 22.7 Å². The molecule has 108 valence electrons. The Morgan fingerprint density at radius 1 is 1.14 bits per heavy atom. The number of nitrogens with zero attached hydrogens (tertiary/aromatic N) is 4. The summed E-state index contributed by atoms with van der Waals surface area (Å²) in [6.45, 7) is 0. The van der Waals surface area contributed by atoms with Crippen molar-refractivity contribution in [2.24, 2.45) is 0 Å². The maximum absolute atomic E-state index is 5.43. The first-order chi connectivity index (χ1) is 10.2. The van der Waals surface area contributed by atoms with E-state index in [4.69, 9.17) is 19.7 Å². The number of rotatable bonds is 4. The molecule has 0 atom stereocenters. The second kappa shape index (κ2) is 5.12. The van der Waals surface area contributed by atoms with E-state index in [0.717, 1.165) is 5.56 Å². The van der Waals surface area contributed by atoms with Crippen LogP contribution in [0.2, 0.25) is 0 Å². The Bertz CT molecular complexity index is 766. The number of nitrogen functional groups attached to an aromatic ring is 1. The van der Waals surface area contributed by atoms with Crippen LogP contribution >= 0.6 is 0 Å². The highest BCUT2D eigenvalue weighted by Gasteiger charge is 2.15. The zero-order valence-electron chi connectivity index (χ0n) is 11.3. The smallest absolute Gasteiger partial charge is 0.295 e. The van der Waals surface area contributed by atoms with Gasteiger partial charge in [-0.25, -0.2) is 0 Å². The third-order valence-electron chi connectivity index (χ3n) is 2.77. The standard InChI is InChI=1S/C12H12N6O3/c1-19-7-4-3-6(5-8(7)20-2)9-14-11(21-18-9)10-15-12(13)17-16-10/h3-5H,1-2H3,(H3,13,15,16,17). The Morgan fingerprint density at radius 3 is 2.62 bits per heavy atom. The van der Waals surface area contributed by atoms with E-state index in [1.54, 1.807) is 32.4 Å². The van der Waals surface area contributed by atoms with Crippen molar-refractivity contribution in [3.8, 4) is 34.6 Å². The van der Waals surface area contributed by atoms with Gasteiger partial charge in [0, 0.05) is 5.56 Å². The summed E-state index contributed by atoms with van der Waals surface area (Å²) in [4.78, 5) is 8.15. The lowest BCUT2D eigenvalue weighted by atomic mass is 10.2. The number of hydrogen-bond acceptors (Lipinski definition) is 8. The third-order valence-corrected chi connectivity index (χ3v) is 2.77. The molecule has 0 amide bonds. The molecular formula is C12H12N6O3. The molecule has 2 aromatic heterocycles. The van der Waals surface area contributed by atoms with Crippen molar-refractivity contribution in [1.82, 2.24) is 25.3 Å². The van der Waals surface area contributed by atoms with Crippen LogP contribution in [-0.2, 0) is 0 Å². The van der Waals surface area contributed by atoms with Crippen LogP contribution in [0, 0.1) is 0 Å². The monoisotopic (exact) mass is 288 g/mol. The number of H-pyrrole nitrogens is 1. The summed E-state index contributed by atoms with van der Waals surface area (Å²) >= 11 is 0. The second-order valence-corrected chi connectivity index (χ2v) is 4.04. The minimum absolute atomic E-state index is 0.107. The molecule has 9 heteroatoms. The van der Waals surface area contributed by atoms with Crippen LogP contribution in [0.25, 0.3) is 23.1 Å². The number of benzene rings is 1. The van der Waals surface area contributed by atoms with Crippen molar-refractivity contribution in [3.05, 3.63) is 18.2 Å². The van der Waals surface area contributed by atoms with Gasteiger partial charge in [-0.15, -0.1) is 5.10 Å². The Morgan fingerprint density at radius 2 is 1.95 bits per heavy atom. The number of aromatic nitrogens is 5. The highest BCUT2D eigenvalue weighted by molar-refractivity contribution is 5.62. The van der Waals surface area contributed by atoms with E-state index in [2.05, 4.69) is 25.3 Å². The predicted octanol–water partition coefficient (Wildman–Crippen LogP) is 1.12. The minimum Gasteiger partial charge on any atom is -0.493 e. The second-order valence-electron chi connectivity index (χ2n) is 4.04. The summed E-state index contributed by atoms with van der Waals surface area (Å²) in [6.07, 6.45) is 0. The van der Waals surface area contributed by atoms with Gasteiger partial charge in [0.05, 0.1) is 14.2 Å². The quantitative estimate of drug-likeness (QED) is 0.731. The van der Waals surface area contributed by atoms with Crippen molar-refractivity contribution in [1.29, 1.82) is 0 Å². The lowest BCUT2D eigenvalue weighted by molar-refractivity contribution is 0.355. The van der Waals surface area contributed by atoms with E-state index < -0.39 is 0 Å². The lowest BCUT2D eigenvalue weighted by Crippen LogP contribution is -1.91. The number of ether oxygens (including phenoxy) is 2. The van der Waals surface area contributed by atoms with E-state index in [0.29, 0.717) is 23.1 Å². The van der Waals surface area contributed by atoms with Crippen molar-refractivity contribution >= 4 is 5.95 Å². The van der Waals surface area contributed by atoms with Crippen molar-refractivity contribution < 1.29 is 14.0 Å². The molecule has 3 rings (SSSR count).